The van der Waals surface area contributed by atoms with Gasteiger partial charge in [0.25, 0.3) is 11.8 Å². The summed E-state index contributed by atoms with van der Waals surface area (Å²) in [5.41, 5.74) is 3.53. The van der Waals surface area contributed by atoms with Crippen molar-refractivity contribution in [3.63, 3.8) is 0 Å². The first-order chi connectivity index (χ1) is 18.0. The van der Waals surface area contributed by atoms with Crippen LogP contribution in [-0.2, 0) is 16.2 Å². The third kappa shape index (κ3) is 5.04. The van der Waals surface area contributed by atoms with Crippen LogP contribution in [0.5, 0.6) is 5.75 Å². The van der Waals surface area contributed by atoms with Gasteiger partial charge in [-0.15, -0.1) is 0 Å². The summed E-state index contributed by atoms with van der Waals surface area (Å²) in [6, 6.07) is 31.7. The van der Waals surface area contributed by atoms with Gasteiger partial charge >= 0.3 is 6.03 Å². The molecule has 4 amide bonds. The number of carbonyl (C=O) groups is 3. The second kappa shape index (κ2) is 10.3. The zero-order valence-electron chi connectivity index (χ0n) is 20.2. The van der Waals surface area contributed by atoms with E-state index in [0.717, 1.165) is 20.9 Å². The second-order valence-electron chi connectivity index (χ2n) is 8.64. The van der Waals surface area contributed by atoms with Crippen LogP contribution in [0.4, 0.5) is 16.2 Å². The van der Waals surface area contributed by atoms with Crippen molar-refractivity contribution in [3.8, 4) is 5.75 Å². The molecule has 1 saturated heterocycles. The molecule has 0 radical (unpaired) electrons. The molecule has 0 N–H and O–H groups in total. The van der Waals surface area contributed by atoms with Crippen LogP contribution in [-0.4, -0.2) is 17.8 Å². The molecule has 0 aromatic heterocycles. The van der Waals surface area contributed by atoms with Gasteiger partial charge in [-0.05, 0) is 60.5 Å². The topological polar surface area (TPSA) is 66.9 Å². The molecule has 0 bridgehead atoms. The van der Waals surface area contributed by atoms with Crippen molar-refractivity contribution in [2.45, 2.75) is 13.5 Å². The van der Waals surface area contributed by atoms with E-state index in [2.05, 4.69) is 6.07 Å². The molecule has 0 unspecified atom stereocenters. The fourth-order valence-corrected chi connectivity index (χ4v) is 4.13. The van der Waals surface area contributed by atoms with Gasteiger partial charge < -0.3 is 4.74 Å². The number of hydrogen-bond donors (Lipinski definition) is 0. The van der Waals surface area contributed by atoms with Crippen LogP contribution in [0.15, 0.2) is 115 Å². The zero-order valence-corrected chi connectivity index (χ0v) is 20.2. The number of amides is 4. The van der Waals surface area contributed by atoms with E-state index in [-0.39, 0.29) is 5.57 Å². The minimum absolute atomic E-state index is 0.110. The van der Waals surface area contributed by atoms with Gasteiger partial charge in [-0.25, -0.2) is 14.6 Å². The number of ether oxygens (including phenoxy) is 1. The Hall–Kier alpha value is -4.97. The molecule has 1 aliphatic heterocycles. The van der Waals surface area contributed by atoms with Gasteiger partial charge in [0.1, 0.15) is 17.9 Å². The molecule has 1 fully saturated rings. The first-order valence-corrected chi connectivity index (χ1v) is 11.8. The molecule has 37 heavy (non-hydrogen) atoms. The second-order valence-corrected chi connectivity index (χ2v) is 8.64. The van der Waals surface area contributed by atoms with Crippen molar-refractivity contribution in [3.05, 3.63) is 131 Å². The van der Waals surface area contributed by atoms with Gasteiger partial charge in [0.2, 0.25) is 0 Å². The summed E-state index contributed by atoms with van der Waals surface area (Å²) in [6.07, 6.45) is 1.51. The van der Waals surface area contributed by atoms with Crippen molar-refractivity contribution in [2.75, 3.05) is 9.80 Å². The van der Waals surface area contributed by atoms with Crippen LogP contribution in [0.3, 0.4) is 0 Å². The number of barbiturate groups is 1. The molecule has 1 heterocycles. The summed E-state index contributed by atoms with van der Waals surface area (Å²) in [6.45, 7) is 2.46. The molecule has 0 spiro atoms. The smallest absolute Gasteiger partial charge is 0.343 e. The minimum Gasteiger partial charge on any atom is -0.489 e. The summed E-state index contributed by atoms with van der Waals surface area (Å²) in [7, 11) is 0. The zero-order chi connectivity index (χ0) is 25.8. The van der Waals surface area contributed by atoms with Crippen molar-refractivity contribution in [1.82, 2.24) is 0 Å². The Morgan fingerprint density at radius 3 is 1.78 bits per heavy atom. The summed E-state index contributed by atoms with van der Waals surface area (Å²) in [4.78, 5) is 42.3. The maximum absolute atomic E-state index is 13.4. The molecule has 0 atom stereocenters. The number of anilines is 2. The maximum Gasteiger partial charge on any atom is 0.343 e. The highest BCUT2D eigenvalue weighted by atomic mass is 16.5. The van der Waals surface area contributed by atoms with Crippen molar-refractivity contribution >= 4 is 35.3 Å². The molecule has 1 aliphatic rings. The lowest BCUT2D eigenvalue weighted by Gasteiger charge is -2.33. The van der Waals surface area contributed by atoms with Crippen molar-refractivity contribution < 1.29 is 19.1 Å². The van der Waals surface area contributed by atoms with Gasteiger partial charge in [0.05, 0.1) is 11.4 Å². The van der Waals surface area contributed by atoms with Crippen LogP contribution < -0.4 is 14.5 Å². The van der Waals surface area contributed by atoms with E-state index in [4.69, 9.17) is 4.74 Å². The number of rotatable bonds is 6. The molecule has 6 heteroatoms. The number of benzene rings is 4. The molecular formula is C31H24N2O4. The number of aryl methyl sites for hydroxylation is 1. The van der Waals surface area contributed by atoms with Gasteiger partial charge in [-0.1, -0.05) is 78.4 Å². The average molecular weight is 489 g/mol. The van der Waals surface area contributed by atoms with Gasteiger partial charge in [-0.2, -0.15) is 0 Å². The van der Waals surface area contributed by atoms with E-state index in [1.54, 1.807) is 84.9 Å². The van der Waals surface area contributed by atoms with E-state index in [1.165, 1.54) is 6.08 Å². The van der Waals surface area contributed by atoms with Crippen LogP contribution in [0.1, 0.15) is 16.7 Å². The molecule has 0 saturated carbocycles. The van der Waals surface area contributed by atoms with E-state index >= 15 is 0 Å². The summed E-state index contributed by atoms with van der Waals surface area (Å²) >= 11 is 0. The summed E-state index contributed by atoms with van der Waals surface area (Å²) < 4.78 is 5.88. The van der Waals surface area contributed by atoms with Crippen molar-refractivity contribution in [2.24, 2.45) is 0 Å². The highest BCUT2D eigenvalue weighted by Crippen LogP contribution is 2.29. The normalized spacial score (nSPS) is 13.6. The number of carbonyl (C=O) groups excluding carboxylic acids is 3. The molecule has 6 nitrogen and oxygen atoms in total. The average Bonchev–Trinajstić information content (AvgIpc) is 2.92. The molecular weight excluding hydrogens is 464 g/mol. The van der Waals surface area contributed by atoms with E-state index in [9.17, 15) is 14.4 Å². The quantitative estimate of drug-likeness (QED) is 0.241. The fourth-order valence-electron chi connectivity index (χ4n) is 4.13. The van der Waals surface area contributed by atoms with Crippen LogP contribution in [0.2, 0.25) is 0 Å². The number of hydrogen-bond acceptors (Lipinski definition) is 4. The first kappa shape index (κ1) is 23.8. The lowest BCUT2D eigenvalue weighted by molar-refractivity contribution is -0.121. The van der Waals surface area contributed by atoms with E-state index in [1.807, 2.05) is 25.1 Å². The Morgan fingerprint density at radius 1 is 0.676 bits per heavy atom. The molecule has 0 aliphatic carbocycles. The van der Waals surface area contributed by atoms with Gasteiger partial charge in [0, 0.05) is 0 Å². The Labute approximate surface area is 215 Å². The van der Waals surface area contributed by atoms with Crippen LogP contribution in [0.25, 0.3) is 6.08 Å². The number of nitrogens with zero attached hydrogens (tertiary/aromatic N) is 2. The molecule has 4 aromatic rings. The lowest BCUT2D eigenvalue weighted by Crippen LogP contribution is -2.57. The Kier molecular flexibility index (Phi) is 6.64. The Morgan fingerprint density at radius 2 is 1.24 bits per heavy atom. The highest BCUT2D eigenvalue weighted by Gasteiger charge is 2.43. The SMILES string of the molecule is Cc1cccc(COc2ccc(C=C3C(=O)N(c4ccccc4)C(=O)N(c4ccccc4)C3=O)cc2)c1. The number of urea groups is 1. The monoisotopic (exact) mass is 488 g/mol. The van der Waals surface area contributed by atoms with Gasteiger partial charge in [0.15, 0.2) is 0 Å². The first-order valence-electron chi connectivity index (χ1n) is 11.8. The minimum atomic E-state index is -0.718. The summed E-state index contributed by atoms with van der Waals surface area (Å²) in [5, 5.41) is 0. The van der Waals surface area contributed by atoms with E-state index < -0.39 is 17.8 Å². The fraction of sp³-hybridized carbons (Fsp3) is 0.0645. The standard InChI is InChI=1S/C31H24N2O4/c1-22-9-8-10-24(19-22)21-37-27-17-15-23(16-18-27)20-28-29(34)32(25-11-4-2-5-12-25)31(36)33(30(28)35)26-13-6-3-7-14-26/h2-20H,21H2,1H3. The van der Waals surface area contributed by atoms with Gasteiger partial charge in [-0.3, -0.25) is 9.59 Å². The largest absolute Gasteiger partial charge is 0.489 e. The third-order valence-corrected chi connectivity index (χ3v) is 5.96. The molecule has 5 rings (SSSR count). The Balaban J connectivity index is 1.45. The molecule has 182 valence electrons. The van der Waals surface area contributed by atoms with Crippen LogP contribution >= 0.6 is 0 Å². The summed E-state index contributed by atoms with van der Waals surface area (Å²) in [5.74, 6) is -0.682. The van der Waals surface area contributed by atoms with Crippen molar-refractivity contribution in [1.29, 1.82) is 0 Å². The highest BCUT2D eigenvalue weighted by molar-refractivity contribution is 6.46. The maximum atomic E-state index is 13.4. The molecule has 4 aromatic carbocycles. The Bertz CT molecular complexity index is 1420. The number of imide groups is 2. The lowest BCUT2D eigenvalue weighted by atomic mass is 10.0. The predicted octanol–water partition coefficient (Wildman–Crippen LogP) is 6.16. The predicted molar refractivity (Wildman–Crippen MR) is 143 cm³/mol. The van der Waals surface area contributed by atoms with E-state index in [0.29, 0.717) is 29.3 Å². The third-order valence-electron chi connectivity index (χ3n) is 5.96. The van der Waals surface area contributed by atoms with Crippen LogP contribution in [0, 0.1) is 6.92 Å². The number of para-hydroxylation sites is 2.